The summed E-state index contributed by atoms with van der Waals surface area (Å²) in [7, 11) is 0. The summed E-state index contributed by atoms with van der Waals surface area (Å²) >= 11 is 0. The quantitative estimate of drug-likeness (QED) is 0.611. The number of halogens is 1. The van der Waals surface area contributed by atoms with Crippen molar-refractivity contribution in [2.24, 2.45) is 11.7 Å². The van der Waals surface area contributed by atoms with Gasteiger partial charge in [-0.3, -0.25) is 9.59 Å². The first-order chi connectivity index (χ1) is 8.63. The molecule has 112 valence electrons. The minimum atomic E-state index is -0.101. The van der Waals surface area contributed by atoms with Crippen molar-refractivity contribution >= 4 is 24.2 Å². The van der Waals surface area contributed by atoms with E-state index in [1.54, 1.807) is 0 Å². The molecule has 1 saturated carbocycles. The number of amides is 2. The second-order valence-corrected chi connectivity index (χ2v) is 5.09. The molecule has 1 aliphatic carbocycles. The number of hydrogen-bond acceptors (Lipinski definition) is 3. The minimum Gasteiger partial charge on any atom is -0.356 e. The zero-order valence-electron chi connectivity index (χ0n) is 11.6. The minimum absolute atomic E-state index is 0. The SMILES string of the molecule is CC(CC(=O)NCCCN)NC(=O)C1CCCC1.Cl. The van der Waals surface area contributed by atoms with Crippen LogP contribution in [0.15, 0.2) is 0 Å². The molecule has 19 heavy (non-hydrogen) atoms. The lowest BCUT2D eigenvalue weighted by Crippen LogP contribution is -2.40. The molecular weight excluding hydrogens is 266 g/mol. The van der Waals surface area contributed by atoms with E-state index in [1.807, 2.05) is 6.92 Å². The third kappa shape index (κ3) is 7.38. The van der Waals surface area contributed by atoms with Gasteiger partial charge in [0.1, 0.15) is 0 Å². The second-order valence-electron chi connectivity index (χ2n) is 5.09. The molecule has 0 aliphatic heterocycles. The fourth-order valence-electron chi connectivity index (χ4n) is 2.28. The second kappa shape index (κ2) is 10.0. The van der Waals surface area contributed by atoms with Gasteiger partial charge in [-0.15, -0.1) is 12.4 Å². The van der Waals surface area contributed by atoms with Gasteiger partial charge in [0.2, 0.25) is 11.8 Å². The van der Waals surface area contributed by atoms with E-state index in [2.05, 4.69) is 10.6 Å². The Morgan fingerprint density at radius 1 is 1.32 bits per heavy atom. The lowest BCUT2D eigenvalue weighted by atomic mass is 10.1. The van der Waals surface area contributed by atoms with Crippen LogP contribution in [-0.4, -0.2) is 30.9 Å². The normalized spacial score (nSPS) is 16.5. The van der Waals surface area contributed by atoms with Gasteiger partial charge in [-0.05, 0) is 32.7 Å². The van der Waals surface area contributed by atoms with Crippen LogP contribution in [0.1, 0.15) is 45.4 Å². The molecule has 0 spiro atoms. The molecule has 0 aromatic heterocycles. The molecule has 6 heteroatoms. The molecule has 1 unspecified atom stereocenters. The summed E-state index contributed by atoms with van der Waals surface area (Å²) in [4.78, 5) is 23.4. The van der Waals surface area contributed by atoms with Crippen molar-refractivity contribution in [3.05, 3.63) is 0 Å². The van der Waals surface area contributed by atoms with Gasteiger partial charge < -0.3 is 16.4 Å². The topological polar surface area (TPSA) is 84.2 Å². The maximum absolute atomic E-state index is 11.8. The van der Waals surface area contributed by atoms with Gasteiger partial charge in [0.15, 0.2) is 0 Å². The first-order valence-corrected chi connectivity index (χ1v) is 6.90. The summed E-state index contributed by atoms with van der Waals surface area (Å²) in [5.41, 5.74) is 5.34. The van der Waals surface area contributed by atoms with E-state index in [0.717, 1.165) is 32.1 Å². The van der Waals surface area contributed by atoms with Crippen LogP contribution in [0.3, 0.4) is 0 Å². The Balaban J connectivity index is 0.00000324. The molecule has 0 aromatic rings. The van der Waals surface area contributed by atoms with Gasteiger partial charge in [-0.1, -0.05) is 12.8 Å². The van der Waals surface area contributed by atoms with Crippen LogP contribution in [0.2, 0.25) is 0 Å². The van der Waals surface area contributed by atoms with E-state index >= 15 is 0 Å². The Labute approximate surface area is 121 Å². The fraction of sp³-hybridized carbons (Fsp3) is 0.846. The van der Waals surface area contributed by atoms with Crippen molar-refractivity contribution < 1.29 is 9.59 Å². The van der Waals surface area contributed by atoms with Crippen LogP contribution >= 0.6 is 12.4 Å². The summed E-state index contributed by atoms with van der Waals surface area (Å²) in [6.07, 6.45) is 5.39. The first kappa shape index (κ1) is 18.2. The Hall–Kier alpha value is -0.810. The van der Waals surface area contributed by atoms with Gasteiger partial charge in [-0.25, -0.2) is 0 Å². The van der Waals surface area contributed by atoms with Gasteiger partial charge in [-0.2, -0.15) is 0 Å². The third-order valence-corrected chi connectivity index (χ3v) is 3.31. The molecule has 4 N–H and O–H groups in total. The lowest BCUT2D eigenvalue weighted by Gasteiger charge is -2.16. The maximum Gasteiger partial charge on any atom is 0.223 e. The van der Waals surface area contributed by atoms with Crippen LogP contribution in [0.25, 0.3) is 0 Å². The molecule has 0 radical (unpaired) electrons. The highest BCUT2D eigenvalue weighted by atomic mass is 35.5. The Morgan fingerprint density at radius 2 is 1.95 bits per heavy atom. The van der Waals surface area contributed by atoms with Gasteiger partial charge in [0.25, 0.3) is 0 Å². The number of rotatable bonds is 7. The summed E-state index contributed by atoms with van der Waals surface area (Å²) < 4.78 is 0. The van der Waals surface area contributed by atoms with Crippen LogP contribution in [0.4, 0.5) is 0 Å². The van der Waals surface area contributed by atoms with Crippen LogP contribution < -0.4 is 16.4 Å². The number of carbonyl (C=O) groups is 2. The van der Waals surface area contributed by atoms with Gasteiger partial charge in [0.05, 0.1) is 0 Å². The van der Waals surface area contributed by atoms with Crippen molar-refractivity contribution in [1.29, 1.82) is 0 Å². The Morgan fingerprint density at radius 3 is 2.53 bits per heavy atom. The summed E-state index contributed by atoms with van der Waals surface area (Å²) in [5, 5.41) is 5.71. The van der Waals surface area contributed by atoms with Crippen molar-refractivity contribution in [1.82, 2.24) is 10.6 Å². The molecular formula is C13H26ClN3O2. The zero-order valence-corrected chi connectivity index (χ0v) is 12.4. The molecule has 0 aromatic carbocycles. The molecule has 0 bridgehead atoms. The monoisotopic (exact) mass is 291 g/mol. The highest BCUT2D eigenvalue weighted by Gasteiger charge is 2.23. The van der Waals surface area contributed by atoms with Crippen molar-refractivity contribution in [3.63, 3.8) is 0 Å². The van der Waals surface area contributed by atoms with Crippen LogP contribution in [-0.2, 0) is 9.59 Å². The van der Waals surface area contributed by atoms with Crippen molar-refractivity contribution in [2.75, 3.05) is 13.1 Å². The standard InChI is InChI=1S/C13H25N3O2.ClH/c1-10(9-12(17)15-8-4-7-14)16-13(18)11-5-2-3-6-11;/h10-11H,2-9,14H2,1H3,(H,15,17)(H,16,18);1H. The summed E-state index contributed by atoms with van der Waals surface area (Å²) in [6, 6.07) is -0.101. The van der Waals surface area contributed by atoms with Crippen molar-refractivity contribution in [3.8, 4) is 0 Å². The Bertz CT molecular complexity index is 281. The lowest BCUT2D eigenvalue weighted by molar-refractivity contribution is -0.126. The van der Waals surface area contributed by atoms with E-state index in [9.17, 15) is 9.59 Å². The maximum atomic E-state index is 11.8. The molecule has 1 aliphatic rings. The summed E-state index contributed by atoms with van der Waals surface area (Å²) in [6.45, 7) is 3.06. The number of nitrogens with one attached hydrogen (secondary N) is 2. The van der Waals surface area contributed by atoms with E-state index < -0.39 is 0 Å². The van der Waals surface area contributed by atoms with Crippen molar-refractivity contribution in [2.45, 2.75) is 51.5 Å². The number of hydrogen-bond donors (Lipinski definition) is 3. The molecule has 5 nitrogen and oxygen atoms in total. The fourth-order valence-corrected chi connectivity index (χ4v) is 2.28. The molecule has 1 rings (SSSR count). The van der Waals surface area contributed by atoms with Crippen LogP contribution in [0, 0.1) is 5.92 Å². The van der Waals surface area contributed by atoms with E-state index in [1.165, 1.54) is 0 Å². The average molecular weight is 292 g/mol. The van der Waals surface area contributed by atoms with Crippen LogP contribution in [0.5, 0.6) is 0 Å². The van der Waals surface area contributed by atoms with Gasteiger partial charge in [0, 0.05) is 24.9 Å². The predicted octanol–water partition coefficient (Wildman–Crippen LogP) is 0.958. The molecule has 0 saturated heterocycles. The number of carbonyl (C=O) groups excluding carboxylic acids is 2. The highest BCUT2D eigenvalue weighted by molar-refractivity contribution is 5.85. The largest absolute Gasteiger partial charge is 0.356 e. The van der Waals surface area contributed by atoms with Gasteiger partial charge >= 0.3 is 0 Å². The predicted molar refractivity (Wildman–Crippen MR) is 78.1 cm³/mol. The van der Waals surface area contributed by atoms with E-state index in [0.29, 0.717) is 19.5 Å². The molecule has 0 heterocycles. The zero-order chi connectivity index (χ0) is 13.4. The molecule has 1 fully saturated rings. The molecule has 1 atom stereocenters. The smallest absolute Gasteiger partial charge is 0.223 e. The summed E-state index contributed by atoms with van der Waals surface area (Å²) in [5.74, 6) is 0.241. The first-order valence-electron chi connectivity index (χ1n) is 6.90. The Kier molecular flexibility index (Phi) is 9.61. The number of nitrogens with two attached hydrogens (primary N) is 1. The molecule has 2 amide bonds. The van der Waals surface area contributed by atoms with E-state index in [-0.39, 0.29) is 36.2 Å². The third-order valence-electron chi connectivity index (χ3n) is 3.31. The average Bonchev–Trinajstić information content (AvgIpc) is 2.82. The van der Waals surface area contributed by atoms with E-state index in [4.69, 9.17) is 5.73 Å². The highest BCUT2D eigenvalue weighted by Crippen LogP contribution is 2.24.